The van der Waals surface area contributed by atoms with Crippen molar-refractivity contribution in [2.75, 3.05) is 0 Å². The van der Waals surface area contributed by atoms with Crippen LogP contribution in [0.4, 0.5) is 0 Å². The number of rotatable bonds is 7. The van der Waals surface area contributed by atoms with Gasteiger partial charge < -0.3 is 10.3 Å². The Bertz CT molecular complexity index is 943. The second-order valence-electron chi connectivity index (χ2n) is 7.85. The average molecular weight is 397 g/mol. The Morgan fingerprint density at radius 3 is 2.46 bits per heavy atom. The number of carbonyl (C=O) groups is 1. The van der Waals surface area contributed by atoms with Crippen molar-refractivity contribution < 1.29 is 4.79 Å². The molecule has 3 nitrogen and oxygen atoms in total. The summed E-state index contributed by atoms with van der Waals surface area (Å²) in [4.78, 5) is 16.3. The number of halogens is 1. The van der Waals surface area contributed by atoms with Crippen LogP contribution in [0.25, 0.3) is 10.9 Å². The van der Waals surface area contributed by atoms with Crippen molar-refractivity contribution >= 4 is 28.4 Å². The molecule has 3 aromatic rings. The minimum atomic E-state index is -0.0301. The van der Waals surface area contributed by atoms with Gasteiger partial charge in [-0.3, -0.25) is 4.79 Å². The summed E-state index contributed by atoms with van der Waals surface area (Å²) in [5, 5.41) is 5.03. The van der Waals surface area contributed by atoms with Gasteiger partial charge in [-0.15, -0.1) is 0 Å². The maximum atomic E-state index is 12.8. The highest BCUT2D eigenvalue weighted by atomic mass is 35.5. The largest absolute Gasteiger partial charge is 0.361 e. The molecule has 4 heteroatoms. The van der Waals surface area contributed by atoms with Gasteiger partial charge in [0.15, 0.2) is 0 Å². The van der Waals surface area contributed by atoms with Gasteiger partial charge in [-0.2, -0.15) is 0 Å². The van der Waals surface area contributed by atoms with Crippen LogP contribution in [-0.2, 0) is 11.2 Å². The molecule has 1 aromatic heterocycles. The van der Waals surface area contributed by atoms with Crippen LogP contribution in [0.1, 0.15) is 56.7 Å². The van der Waals surface area contributed by atoms with Crippen molar-refractivity contribution in [2.45, 2.75) is 52.5 Å². The van der Waals surface area contributed by atoms with Crippen LogP contribution in [0.5, 0.6) is 0 Å². The maximum absolute atomic E-state index is 12.8. The molecular weight excluding hydrogens is 368 g/mol. The molecular formula is C24H29ClN2O. The highest BCUT2D eigenvalue weighted by molar-refractivity contribution is 6.30. The molecule has 0 aliphatic heterocycles. The number of H-pyrrole nitrogens is 1. The third-order valence-electron chi connectivity index (χ3n) is 5.64. The molecule has 28 heavy (non-hydrogen) atoms. The van der Waals surface area contributed by atoms with E-state index in [9.17, 15) is 4.79 Å². The number of hydrogen-bond donors (Lipinski definition) is 2. The molecule has 0 aliphatic rings. The summed E-state index contributed by atoms with van der Waals surface area (Å²) >= 11 is 6.10. The number of para-hydroxylation sites is 1. The van der Waals surface area contributed by atoms with E-state index in [4.69, 9.17) is 11.6 Å². The van der Waals surface area contributed by atoms with E-state index in [2.05, 4.69) is 62.4 Å². The van der Waals surface area contributed by atoms with Gasteiger partial charge in [0.05, 0.1) is 0 Å². The summed E-state index contributed by atoms with van der Waals surface area (Å²) in [6.07, 6.45) is 3.43. The summed E-state index contributed by atoms with van der Waals surface area (Å²) in [5.41, 5.74) is 4.70. The average Bonchev–Trinajstić information content (AvgIpc) is 3.10. The summed E-state index contributed by atoms with van der Waals surface area (Å²) in [5.74, 6) is 0.442. The molecule has 148 valence electrons. The van der Waals surface area contributed by atoms with E-state index in [1.54, 1.807) is 0 Å². The first kappa shape index (κ1) is 20.5. The molecule has 0 fully saturated rings. The standard InChI is InChI=1S/C24H29ClN2O/c1-5-17-7-6-8-20-22(14-26-24(17)20)21(18-9-11-19(25)12-10-18)13-23(28)27-16(4)15(2)3/h6-12,14-16,21,26H,5,13H2,1-4H3,(H,27,28)/t16-,21+/m0/s1. The fraction of sp³-hybridized carbons (Fsp3) is 0.375. The second kappa shape index (κ2) is 8.83. The van der Waals surface area contributed by atoms with Crippen LogP contribution in [0.15, 0.2) is 48.7 Å². The van der Waals surface area contributed by atoms with Crippen LogP contribution < -0.4 is 5.32 Å². The van der Waals surface area contributed by atoms with E-state index in [1.807, 2.05) is 24.3 Å². The first-order chi connectivity index (χ1) is 13.4. The van der Waals surface area contributed by atoms with Crippen molar-refractivity contribution in [1.82, 2.24) is 10.3 Å². The Hall–Kier alpha value is -2.26. The Kier molecular flexibility index (Phi) is 6.46. The number of benzene rings is 2. The van der Waals surface area contributed by atoms with E-state index >= 15 is 0 Å². The zero-order chi connectivity index (χ0) is 20.3. The summed E-state index contributed by atoms with van der Waals surface area (Å²) in [6, 6.07) is 14.4. The number of carbonyl (C=O) groups excluding carboxylic acids is 1. The Morgan fingerprint density at radius 1 is 1.11 bits per heavy atom. The van der Waals surface area contributed by atoms with E-state index in [1.165, 1.54) is 10.9 Å². The fourth-order valence-electron chi connectivity index (χ4n) is 3.59. The molecule has 0 aliphatic carbocycles. The number of aryl methyl sites for hydroxylation is 1. The molecule has 0 unspecified atom stereocenters. The monoisotopic (exact) mass is 396 g/mol. The van der Waals surface area contributed by atoms with Crippen LogP contribution in [0.2, 0.25) is 5.02 Å². The minimum absolute atomic E-state index is 0.0301. The minimum Gasteiger partial charge on any atom is -0.361 e. The van der Waals surface area contributed by atoms with E-state index in [0.29, 0.717) is 17.4 Å². The number of aromatic nitrogens is 1. The van der Waals surface area contributed by atoms with Crippen LogP contribution >= 0.6 is 11.6 Å². The van der Waals surface area contributed by atoms with Gasteiger partial charge in [0, 0.05) is 40.5 Å². The van der Waals surface area contributed by atoms with Gasteiger partial charge in [0.1, 0.15) is 0 Å². The number of fused-ring (bicyclic) bond motifs is 1. The second-order valence-corrected chi connectivity index (χ2v) is 8.28. The third kappa shape index (κ3) is 4.41. The van der Waals surface area contributed by atoms with Gasteiger partial charge in [0.2, 0.25) is 5.91 Å². The molecule has 2 atom stereocenters. The Balaban J connectivity index is 2.00. The first-order valence-corrected chi connectivity index (χ1v) is 10.4. The lowest BCUT2D eigenvalue weighted by atomic mass is 9.87. The molecule has 0 radical (unpaired) electrons. The van der Waals surface area contributed by atoms with Crippen molar-refractivity contribution in [3.8, 4) is 0 Å². The number of aromatic amines is 1. The summed E-state index contributed by atoms with van der Waals surface area (Å²) in [7, 11) is 0. The smallest absolute Gasteiger partial charge is 0.221 e. The molecule has 2 N–H and O–H groups in total. The van der Waals surface area contributed by atoms with Crippen LogP contribution in [0.3, 0.4) is 0 Å². The fourth-order valence-corrected chi connectivity index (χ4v) is 3.72. The van der Waals surface area contributed by atoms with Crippen LogP contribution in [-0.4, -0.2) is 16.9 Å². The van der Waals surface area contributed by atoms with Crippen molar-refractivity contribution in [1.29, 1.82) is 0 Å². The number of nitrogens with one attached hydrogen (secondary N) is 2. The lowest BCUT2D eigenvalue weighted by Crippen LogP contribution is -2.36. The van der Waals surface area contributed by atoms with Gasteiger partial charge in [0.25, 0.3) is 0 Å². The molecule has 0 spiro atoms. The summed E-state index contributed by atoms with van der Waals surface area (Å²) < 4.78 is 0. The normalized spacial score (nSPS) is 13.6. The molecule has 0 bridgehead atoms. The highest BCUT2D eigenvalue weighted by Crippen LogP contribution is 2.35. The zero-order valence-corrected chi connectivity index (χ0v) is 17.8. The summed E-state index contributed by atoms with van der Waals surface area (Å²) in [6.45, 7) is 8.45. The Morgan fingerprint density at radius 2 is 1.82 bits per heavy atom. The first-order valence-electron chi connectivity index (χ1n) is 10.0. The highest BCUT2D eigenvalue weighted by Gasteiger charge is 2.23. The maximum Gasteiger partial charge on any atom is 0.221 e. The van der Waals surface area contributed by atoms with Gasteiger partial charge in [-0.25, -0.2) is 0 Å². The number of hydrogen-bond acceptors (Lipinski definition) is 1. The molecule has 0 saturated heterocycles. The van der Waals surface area contributed by atoms with E-state index < -0.39 is 0 Å². The molecule has 3 rings (SSSR count). The quantitative estimate of drug-likeness (QED) is 0.500. The SMILES string of the molecule is CCc1cccc2c([C@H](CC(=O)N[C@@H](C)C(C)C)c3ccc(Cl)cc3)c[nH]c12. The van der Waals surface area contributed by atoms with Gasteiger partial charge in [-0.1, -0.05) is 62.7 Å². The molecule has 1 heterocycles. The van der Waals surface area contributed by atoms with E-state index in [0.717, 1.165) is 23.1 Å². The van der Waals surface area contributed by atoms with Crippen molar-refractivity contribution in [3.63, 3.8) is 0 Å². The molecule has 2 aromatic carbocycles. The molecule has 1 amide bonds. The Labute approximate surface area is 172 Å². The third-order valence-corrected chi connectivity index (χ3v) is 5.89. The lowest BCUT2D eigenvalue weighted by Gasteiger charge is -2.21. The van der Waals surface area contributed by atoms with Crippen LogP contribution in [0, 0.1) is 5.92 Å². The molecule has 0 saturated carbocycles. The zero-order valence-electron chi connectivity index (χ0n) is 17.1. The van der Waals surface area contributed by atoms with Gasteiger partial charge >= 0.3 is 0 Å². The van der Waals surface area contributed by atoms with Crippen molar-refractivity contribution in [2.24, 2.45) is 5.92 Å². The topological polar surface area (TPSA) is 44.9 Å². The van der Waals surface area contributed by atoms with Crippen molar-refractivity contribution in [3.05, 3.63) is 70.4 Å². The predicted octanol–water partition coefficient (Wildman–Crippen LogP) is 6.07. The van der Waals surface area contributed by atoms with E-state index in [-0.39, 0.29) is 17.9 Å². The number of amides is 1. The van der Waals surface area contributed by atoms with Gasteiger partial charge in [-0.05, 0) is 48.1 Å². The predicted molar refractivity (Wildman–Crippen MR) is 118 cm³/mol. The lowest BCUT2D eigenvalue weighted by molar-refractivity contribution is -0.122.